The van der Waals surface area contributed by atoms with Gasteiger partial charge in [-0.1, -0.05) is 18.6 Å². The number of Topliss-reactive ketones (excluding diaryl/α,β-unsaturated/α-hetero) is 1. The number of fused-ring (bicyclic) bond motifs is 1. The van der Waals surface area contributed by atoms with Crippen LogP contribution in [0.2, 0.25) is 0 Å². The largest absolute Gasteiger partial charge is 0.360 e. The number of aryl methyl sites for hydroxylation is 1. The van der Waals surface area contributed by atoms with Crippen molar-refractivity contribution in [2.24, 2.45) is 0 Å². The van der Waals surface area contributed by atoms with Gasteiger partial charge in [-0.15, -0.1) is 0 Å². The second-order valence-corrected chi connectivity index (χ2v) is 3.92. The molecule has 0 aliphatic heterocycles. The molecule has 2 heteroatoms. The maximum atomic E-state index is 11.8. The average Bonchev–Trinajstić information content (AvgIpc) is 2.60. The van der Waals surface area contributed by atoms with Crippen molar-refractivity contribution in [2.75, 3.05) is 0 Å². The lowest BCUT2D eigenvalue weighted by molar-refractivity contribution is 0.0983. The molecule has 0 unspecified atom stereocenters. The standard InChI is InChI=1S/C13H15NO/c1-3-4-13(15)11-8-14-12-6-5-9(2)7-10(11)12/h5-8,14H,3-4H2,1-2H3. The summed E-state index contributed by atoms with van der Waals surface area (Å²) in [5.41, 5.74) is 3.06. The minimum absolute atomic E-state index is 0.231. The molecular weight excluding hydrogens is 186 g/mol. The van der Waals surface area contributed by atoms with E-state index in [1.807, 2.05) is 32.2 Å². The summed E-state index contributed by atoms with van der Waals surface area (Å²) in [6.45, 7) is 4.07. The van der Waals surface area contributed by atoms with Crippen LogP contribution in [0.5, 0.6) is 0 Å². The minimum Gasteiger partial charge on any atom is -0.360 e. The van der Waals surface area contributed by atoms with E-state index >= 15 is 0 Å². The van der Waals surface area contributed by atoms with Gasteiger partial charge in [0.15, 0.2) is 5.78 Å². The van der Waals surface area contributed by atoms with Gasteiger partial charge in [0.25, 0.3) is 0 Å². The van der Waals surface area contributed by atoms with E-state index in [9.17, 15) is 4.79 Å². The molecule has 2 nitrogen and oxygen atoms in total. The first-order valence-corrected chi connectivity index (χ1v) is 5.33. The SMILES string of the molecule is CCCC(=O)c1c[nH]c2ccc(C)cc12. The number of H-pyrrole nitrogens is 1. The number of rotatable bonds is 3. The van der Waals surface area contributed by atoms with E-state index in [-0.39, 0.29) is 5.78 Å². The van der Waals surface area contributed by atoms with Crippen LogP contribution in [0.4, 0.5) is 0 Å². The minimum atomic E-state index is 0.231. The van der Waals surface area contributed by atoms with Crippen molar-refractivity contribution in [3.8, 4) is 0 Å². The van der Waals surface area contributed by atoms with Crippen molar-refractivity contribution in [1.82, 2.24) is 4.98 Å². The molecule has 2 rings (SSSR count). The van der Waals surface area contributed by atoms with Gasteiger partial charge < -0.3 is 4.98 Å². The predicted molar refractivity (Wildman–Crippen MR) is 62.3 cm³/mol. The van der Waals surface area contributed by atoms with Gasteiger partial charge in [0.05, 0.1) is 0 Å². The number of aromatic amines is 1. The van der Waals surface area contributed by atoms with Crippen LogP contribution in [-0.4, -0.2) is 10.8 Å². The number of carbonyl (C=O) groups is 1. The lowest BCUT2D eigenvalue weighted by Crippen LogP contribution is -1.96. The maximum Gasteiger partial charge on any atom is 0.165 e. The quantitative estimate of drug-likeness (QED) is 0.758. The summed E-state index contributed by atoms with van der Waals surface area (Å²) >= 11 is 0. The normalized spacial score (nSPS) is 10.8. The second kappa shape index (κ2) is 3.89. The molecule has 0 amide bonds. The molecule has 1 aromatic heterocycles. The summed E-state index contributed by atoms with van der Waals surface area (Å²) in [7, 11) is 0. The fourth-order valence-corrected chi connectivity index (χ4v) is 1.83. The van der Waals surface area contributed by atoms with Crippen molar-refractivity contribution < 1.29 is 4.79 Å². The highest BCUT2D eigenvalue weighted by Gasteiger charge is 2.10. The first-order valence-electron chi connectivity index (χ1n) is 5.33. The zero-order chi connectivity index (χ0) is 10.8. The molecule has 0 fully saturated rings. The third-order valence-electron chi connectivity index (χ3n) is 2.61. The van der Waals surface area contributed by atoms with Crippen LogP contribution in [-0.2, 0) is 0 Å². The Morgan fingerprint density at radius 1 is 1.40 bits per heavy atom. The van der Waals surface area contributed by atoms with Gasteiger partial charge in [0.2, 0.25) is 0 Å². The van der Waals surface area contributed by atoms with Gasteiger partial charge in [0, 0.05) is 29.1 Å². The Bertz CT molecular complexity index is 496. The molecule has 0 atom stereocenters. The molecule has 1 aromatic carbocycles. The van der Waals surface area contributed by atoms with Crippen LogP contribution >= 0.6 is 0 Å². The summed E-state index contributed by atoms with van der Waals surface area (Å²) in [5.74, 6) is 0.231. The zero-order valence-corrected chi connectivity index (χ0v) is 9.13. The first kappa shape index (κ1) is 9.97. The Labute approximate surface area is 89.3 Å². The first-order chi connectivity index (χ1) is 7.22. The van der Waals surface area contributed by atoms with Crippen LogP contribution in [0, 0.1) is 6.92 Å². The molecule has 0 aliphatic rings. The van der Waals surface area contributed by atoms with Crippen LogP contribution in [0.1, 0.15) is 35.7 Å². The van der Waals surface area contributed by atoms with Crippen LogP contribution in [0.3, 0.4) is 0 Å². The lowest BCUT2D eigenvalue weighted by Gasteiger charge is -1.98. The van der Waals surface area contributed by atoms with E-state index in [1.54, 1.807) is 0 Å². The molecule has 0 aliphatic carbocycles. The predicted octanol–water partition coefficient (Wildman–Crippen LogP) is 3.46. The molecule has 0 saturated heterocycles. The topological polar surface area (TPSA) is 32.9 Å². The molecule has 78 valence electrons. The van der Waals surface area contributed by atoms with Crippen molar-refractivity contribution in [3.05, 3.63) is 35.5 Å². The fraction of sp³-hybridized carbons (Fsp3) is 0.308. The Kier molecular flexibility index (Phi) is 2.58. The Balaban J connectivity index is 2.52. The Morgan fingerprint density at radius 3 is 2.93 bits per heavy atom. The zero-order valence-electron chi connectivity index (χ0n) is 9.13. The third-order valence-corrected chi connectivity index (χ3v) is 2.61. The second-order valence-electron chi connectivity index (χ2n) is 3.92. The molecule has 2 aromatic rings. The summed E-state index contributed by atoms with van der Waals surface area (Å²) in [6.07, 6.45) is 3.35. The summed E-state index contributed by atoms with van der Waals surface area (Å²) < 4.78 is 0. The maximum absolute atomic E-state index is 11.8. The Hall–Kier alpha value is -1.57. The van der Waals surface area contributed by atoms with Crippen molar-refractivity contribution in [1.29, 1.82) is 0 Å². The molecule has 0 bridgehead atoms. The number of carbonyl (C=O) groups excluding carboxylic acids is 1. The number of hydrogen-bond donors (Lipinski definition) is 1. The monoisotopic (exact) mass is 201 g/mol. The van der Waals surface area contributed by atoms with Crippen molar-refractivity contribution in [2.45, 2.75) is 26.7 Å². The van der Waals surface area contributed by atoms with E-state index in [4.69, 9.17) is 0 Å². The number of benzene rings is 1. The molecule has 0 saturated carbocycles. The van der Waals surface area contributed by atoms with Crippen LogP contribution in [0.25, 0.3) is 10.9 Å². The fourth-order valence-electron chi connectivity index (χ4n) is 1.83. The van der Waals surface area contributed by atoms with Crippen molar-refractivity contribution >= 4 is 16.7 Å². The average molecular weight is 201 g/mol. The lowest BCUT2D eigenvalue weighted by atomic mass is 10.0. The van der Waals surface area contributed by atoms with Gasteiger partial charge in [-0.2, -0.15) is 0 Å². The van der Waals surface area contributed by atoms with Crippen LogP contribution in [0.15, 0.2) is 24.4 Å². The van der Waals surface area contributed by atoms with Gasteiger partial charge in [-0.25, -0.2) is 0 Å². The third kappa shape index (κ3) is 1.80. The highest BCUT2D eigenvalue weighted by molar-refractivity contribution is 6.07. The van der Waals surface area contributed by atoms with E-state index in [1.165, 1.54) is 5.56 Å². The van der Waals surface area contributed by atoms with Crippen molar-refractivity contribution in [3.63, 3.8) is 0 Å². The summed E-state index contributed by atoms with van der Waals surface area (Å²) in [4.78, 5) is 14.9. The number of nitrogens with one attached hydrogen (secondary N) is 1. The molecule has 1 heterocycles. The van der Waals surface area contributed by atoms with Crippen LogP contribution < -0.4 is 0 Å². The molecule has 0 spiro atoms. The highest BCUT2D eigenvalue weighted by Crippen LogP contribution is 2.21. The number of ketones is 1. The Morgan fingerprint density at radius 2 is 2.20 bits per heavy atom. The van der Waals surface area contributed by atoms with E-state index in [0.29, 0.717) is 6.42 Å². The molecule has 0 radical (unpaired) electrons. The number of aromatic nitrogens is 1. The van der Waals surface area contributed by atoms with E-state index in [0.717, 1.165) is 22.9 Å². The summed E-state index contributed by atoms with van der Waals surface area (Å²) in [6, 6.07) is 6.13. The highest BCUT2D eigenvalue weighted by atomic mass is 16.1. The molecule has 1 N–H and O–H groups in total. The smallest absolute Gasteiger partial charge is 0.165 e. The van der Waals surface area contributed by atoms with Gasteiger partial charge in [-0.05, 0) is 25.5 Å². The van der Waals surface area contributed by atoms with Gasteiger partial charge >= 0.3 is 0 Å². The molecule has 15 heavy (non-hydrogen) atoms. The van der Waals surface area contributed by atoms with E-state index in [2.05, 4.69) is 11.1 Å². The van der Waals surface area contributed by atoms with E-state index < -0.39 is 0 Å². The summed E-state index contributed by atoms with van der Waals surface area (Å²) in [5, 5.41) is 1.05. The van der Waals surface area contributed by atoms with Gasteiger partial charge in [0.1, 0.15) is 0 Å². The number of hydrogen-bond acceptors (Lipinski definition) is 1. The molecular formula is C13H15NO. The van der Waals surface area contributed by atoms with Gasteiger partial charge in [-0.3, -0.25) is 4.79 Å².